The first-order valence-corrected chi connectivity index (χ1v) is 7.85. The molecule has 0 spiro atoms. The van der Waals surface area contributed by atoms with Gasteiger partial charge in [-0.2, -0.15) is 0 Å². The number of nitrogens with one attached hydrogen (secondary N) is 1. The summed E-state index contributed by atoms with van der Waals surface area (Å²) in [4.78, 5) is 24.9. The minimum absolute atomic E-state index is 0.214. The number of cyclic esters (lactones) is 1. The van der Waals surface area contributed by atoms with Crippen molar-refractivity contribution in [2.45, 2.75) is 6.54 Å². The fourth-order valence-electron chi connectivity index (χ4n) is 2.30. The minimum Gasteiger partial charge on any atom is -0.448 e. The molecule has 0 saturated carbocycles. The van der Waals surface area contributed by atoms with Gasteiger partial charge in [0, 0.05) is 18.1 Å². The van der Waals surface area contributed by atoms with Crippen LogP contribution in [0.25, 0.3) is 0 Å². The summed E-state index contributed by atoms with van der Waals surface area (Å²) in [6.45, 7) is 2.09. The van der Waals surface area contributed by atoms with Crippen molar-refractivity contribution in [3.8, 4) is 0 Å². The number of halogens is 1. The largest absolute Gasteiger partial charge is 0.448 e. The number of ether oxygens (including phenoxy) is 1. The standard InChI is InChI=1S/C15H16ClN5O3/c16-12-4-2-1-3-11(12)9-21-10-13(18-19-21)14(22)17-5-6-20-7-8-24-15(20)23/h1-4,10H,5-9H2,(H,17,22). The maximum atomic E-state index is 12.0. The zero-order valence-corrected chi connectivity index (χ0v) is 13.6. The predicted octanol–water partition coefficient (Wildman–Crippen LogP) is 1.16. The molecule has 1 aliphatic heterocycles. The van der Waals surface area contributed by atoms with Crippen LogP contribution in [0, 0.1) is 0 Å². The quantitative estimate of drug-likeness (QED) is 0.845. The number of carbonyl (C=O) groups is 2. The molecule has 1 saturated heterocycles. The van der Waals surface area contributed by atoms with Crippen molar-refractivity contribution in [2.75, 3.05) is 26.2 Å². The summed E-state index contributed by atoms with van der Waals surface area (Å²) >= 11 is 6.10. The van der Waals surface area contributed by atoms with Gasteiger partial charge in [-0.15, -0.1) is 5.10 Å². The van der Waals surface area contributed by atoms with Gasteiger partial charge in [0.05, 0.1) is 19.3 Å². The molecular weight excluding hydrogens is 334 g/mol. The van der Waals surface area contributed by atoms with Gasteiger partial charge >= 0.3 is 6.09 Å². The Balaban J connectivity index is 1.52. The van der Waals surface area contributed by atoms with Crippen molar-refractivity contribution in [1.82, 2.24) is 25.2 Å². The second-order valence-corrected chi connectivity index (χ2v) is 5.66. The molecule has 0 unspecified atom stereocenters. The molecule has 2 amide bonds. The van der Waals surface area contributed by atoms with Gasteiger partial charge in [-0.3, -0.25) is 4.79 Å². The Morgan fingerprint density at radius 3 is 2.96 bits per heavy atom. The van der Waals surface area contributed by atoms with Crippen molar-refractivity contribution in [1.29, 1.82) is 0 Å². The van der Waals surface area contributed by atoms with E-state index in [1.54, 1.807) is 16.9 Å². The van der Waals surface area contributed by atoms with Crippen LogP contribution in [0.3, 0.4) is 0 Å². The summed E-state index contributed by atoms with van der Waals surface area (Å²) in [5.74, 6) is -0.340. The summed E-state index contributed by atoms with van der Waals surface area (Å²) in [7, 11) is 0. The molecule has 1 aromatic carbocycles. The number of nitrogens with zero attached hydrogens (tertiary/aromatic N) is 4. The van der Waals surface area contributed by atoms with Gasteiger partial charge in [0.25, 0.3) is 5.91 Å². The summed E-state index contributed by atoms with van der Waals surface area (Å²) in [5.41, 5.74) is 1.11. The van der Waals surface area contributed by atoms with E-state index in [4.69, 9.17) is 16.3 Å². The molecule has 0 radical (unpaired) electrons. The minimum atomic E-state index is -0.352. The Hall–Kier alpha value is -2.61. The molecule has 9 heteroatoms. The number of benzene rings is 1. The molecule has 0 bridgehead atoms. The molecule has 0 atom stereocenters. The molecule has 1 fully saturated rings. The molecule has 1 aromatic heterocycles. The fourth-order valence-corrected chi connectivity index (χ4v) is 2.50. The third-order valence-electron chi connectivity index (χ3n) is 3.57. The highest BCUT2D eigenvalue weighted by Gasteiger charge is 2.21. The van der Waals surface area contributed by atoms with Crippen molar-refractivity contribution >= 4 is 23.6 Å². The van der Waals surface area contributed by atoms with Crippen LogP contribution in [0.4, 0.5) is 4.79 Å². The van der Waals surface area contributed by atoms with E-state index in [0.29, 0.717) is 37.8 Å². The molecule has 24 heavy (non-hydrogen) atoms. The molecule has 1 N–H and O–H groups in total. The monoisotopic (exact) mass is 349 g/mol. The maximum absolute atomic E-state index is 12.0. The Morgan fingerprint density at radius 1 is 1.38 bits per heavy atom. The van der Waals surface area contributed by atoms with Gasteiger partial charge in [-0.05, 0) is 11.6 Å². The molecule has 3 rings (SSSR count). The number of hydrogen-bond acceptors (Lipinski definition) is 5. The van der Waals surface area contributed by atoms with E-state index in [-0.39, 0.29) is 17.7 Å². The van der Waals surface area contributed by atoms with Gasteiger partial charge in [-0.25, -0.2) is 9.48 Å². The van der Waals surface area contributed by atoms with Crippen LogP contribution >= 0.6 is 11.6 Å². The summed E-state index contributed by atoms with van der Waals surface area (Å²) in [6, 6.07) is 7.42. The maximum Gasteiger partial charge on any atom is 0.409 e. The van der Waals surface area contributed by atoms with Crippen molar-refractivity contribution in [2.24, 2.45) is 0 Å². The fraction of sp³-hybridized carbons (Fsp3) is 0.333. The predicted molar refractivity (Wildman–Crippen MR) is 85.8 cm³/mol. The van der Waals surface area contributed by atoms with E-state index in [2.05, 4.69) is 15.6 Å². The lowest BCUT2D eigenvalue weighted by molar-refractivity contribution is 0.0943. The van der Waals surface area contributed by atoms with Crippen LogP contribution in [0.2, 0.25) is 5.02 Å². The van der Waals surface area contributed by atoms with Crippen molar-refractivity contribution in [3.05, 3.63) is 46.7 Å². The van der Waals surface area contributed by atoms with E-state index in [1.807, 2.05) is 18.2 Å². The van der Waals surface area contributed by atoms with Crippen LogP contribution in [0.5, 0.6) is 0 Å². The Kier molecular flexibility index (Phi) is 4.95. The van der Waals surface area contributed by atoms with Gasteiger partial charge in [-0.1, -0.05) is 35.0 Å². The van der Waals surface area contributed by atoms with E-state index in [9.17, 15) is 9.59 Å². The summed E-state index contributed by atoms with van der Waals surface area (Å²) in [6.07, 6.45) is 1.21. The highest BCUT2D eigenvalue weighted by atomic mass is 35.5. The Morgan fingerprint density at radius 2 is 2.21 bits per heavy atom. The molecule has 8 nitrogen and oxygen atoms in total. The van der Waals surface area contributed by atoms with Crippen LogP contribution in [-0.4, -0.2) is 58.1 Å². The number of carbonyl (C=O) groups excluding carboxylic acids is 2. The number of hydrogen-bond donors (Lipinski definition) is 1. The number of rotatable bonds is 6. The topological polar surface area (TPSA) is 89.4 Å². The van der Waals surface area contributed by atoms with E-state index >= 15 is 0 Å². The zero-order valence-electron chi connectivity index (χ0n) is 12.8. The van der Waals surface area contributed by atoms with Gasteiger partial charge in [0.2, 0.25) is 0 Å². The molecule has 0 aliphatic carbocycles. The molecule has 1 aliphatic rings. The Bertz CT molecular complexity index is 748. The normalized spacial score (nSPS) is 13.9. The van der Waals surface area contributed by atoms with Crippen LogP contribution in [0.1, 0.15) is 16.1 Å². The SMILES string of the molecule is O=C(NCCN1CCOC1=O)c1cn(Cc2ccccc2Cl)nn1. The average Bonchev–Trinajstić information content (AvgIpc) is 3.19. The van der Waals surface area contributed by atoms with Gasteiger partial charge < -0.3 is 15.0 Å². The van der Waals surface area contributed by atoms with Gasteiger partial charge in [0.1, 0.15) is 6.61 Å². The second kappa shape index (κ2) is 7.31. The number of aromatic nitrogens is 3. The lowest BCUT2D eigenvalue weighted by Crippen LogP contribution is -2.35. The smallest absolute Gasteiger partial charge is 0.409 e. The summed E-state index contributed by atoms with van der Waals surface area (Å²) < 4.78 is 6.36. The lowest BCUT2D eigenvalue weighted by atomic mass is 10.2. The third-order valence-corrected chi connectivity index (χ3v) is 3.94. The van der Waals surface area contributed by atoms with Crippen LogP contribution < -0.4 is 5.32 Å². The number of amides is 2. The van der Waals surface area contributed by atoms with Gasteiger partial charge in [0.15, 0.2) is 5.69 Å². The molecular formula is C15H16ClN5O3. The first-order valence-electron chi connectivity index (χ1n) is 7.47. The highest BCUT2D eigenvalue weighted by Crippen LogP contribution is 2.15. The van der Waals surface area contributed by atoms with Crippen molar-refractivity contribution in [3.63, 3.8) is 0 Å². The van der Waals surface area contributed by atoms with Crippen LogP contribution in [-0.2, 0) is 11.3 Å². The molecule has 2 heterocycles. The third kappa shape index (κ3) is 3.83. The van der Waals surface area contributed by atoms with E-state index in [0.717, 1.165) is 5.56 Å². The first kappa shape index (κ1) is 16.3. The van der Waals surface area contributed by atoms with Crippen molar-refractivity contribution < 1.29 is 14.3 Å². The van der Waals surface area contributed by atoms with Crippen LogP contribution in [0.15, 0.2) is 30.5 Å². The lowest BCUT2D eigenvalue weighted by Gasteiger charge is -2.12. The molecule has 126 valence electrons. The Labute approximate surface area is 143 Å². The van der Waals surface area contributed by atoms with E-state index < -0.39 is 0 Å². The summed E-state index contributed by atoms with van der Waals surface area (Å²) in [5, 5.41) is 11.1. The second-order valence-electron chi connectivity index (χ2n) is 5.25. The zero-order chi connectivity index (χ0) is 16.9. The average molecular weight is 350 g/mol. The highest BCUT2D eigenvalue weighted by molar-refractivity contribution is 6.31. The van der Waals surface area contributed by atoms with E-state index in [1.165, 1.54) is 4.90 Å². The molecule has 2 aromatic rings. The first-order chi connectivity index (χ1) is 11.6.